The first-order chi connectivity index (χ1) is 7.88. The molecule has 0 N–H and O–H groups in total. The van der Waals surface area contributed by atoms with Crippen LogP contribution in [0.25, 0.3) is 0 Å². The van der Waals surface area contributed by atoms with E-state index in [1.807, 2.05) is 0 Å². The van der Waals surface area contributed by atoms with Gasteiger partial charge in [-0.25, -0.2) is 0 Å². The van der Waals surface area contributed by atoms with Crippen molar-refractivity contribution in [2.24, 2.45) is 5.92 Å². The molecule has 1 fully saturated rings. The van der Waals surface area contributed by atoms with Gasteiger partial charge in [-0.3, -0.25) is 4.79 Å². The molecule has 0 radical (unpaired) electrons. The fraction of sp³-hybridized carbons (Fsp3) is 0.917. The van der Waals surface area contributed by atoms with Crippen LogP contribution in [0.4, 0.5) is 13.2 Å². The first-order valence-electron chi connectivity index (χ1n) is 6.16. The van der Waals surface area contributed by atoms with E-state index in [1.165, 1.54) is 0 Å². The van der Waals surface area contributed by atoms with E-state index < -0.39 is 12.6 Å². The molecule has 1 atom stereocenters. The Hall–Kier alpha value is -0.580. The summed E-state index contributed by atoms with van der Waals surface area (Å²) in [4.78, 5) is 13.3. The maximum atomic E-state index is 12.0. The van der Waals surface area contributed by atoms with Gasteiger partial charge in [0.1, 0.15) is 5.78 Å². The van der Waals surface area contributed by atoms with Crippen LogP contribution >= 0.6 is 0 Å². The molecular formula is C12H20F3NO. The summed E-state index contributed by atoms with van der Waals surface area (Å²) in [5.41, 5.74) is 0. The zero-order chi connectivity index (χ0) is 12.9. The summed E-state index contributed by atoms with van der Waals surface area (Å²) >= 11 is 0. The van der Waals surface area contributed by atoms with Gasteiger partial charge in [0.25, 0.3) is 0 Å². The second-order valence-electron chi connectivity index (χ2n) is 4.89. The van der Waals surface area contributed by atoms with E-state index in [4.69, 9.17) is 0 Å². The second kappa shape index (κ2) is 6.38. The van der Waals surface area contributed by atoms with Crippen LogP contribution < -0.4 is 0 Å². The lowest BCUT2D eigenvalue weighted by Gasteiger charge is -2.22. The predicted molar refractivity (Wildman–Crippen MR) is 59.8 cm³/mol. The van der Waals surface area contributed by atoms with E-state index in [1.54, 1.807) is 11.9 Å². The van der Waals surface area contributed by atoms with Crippen LogP contribution in [0.2, 0.25) is 0 Å². The lowest BCUT2D eigenvalue weighted by atomic mass is 9.98. The van der Waals surface area contributed by atoms with Crippen molar-refractivity contribution in [2.45, 2.75) is 44.7 Å². The van der Waals surface area contributed by atoms with Crippen molar-refractivity contribution in [3.05, 3.63) is 0 Å². The lowest BCUT2D eigenvalue weighted by Crippen LogP contribution is -2.32. The average molecular weight is 251 g/mol. The van der Waals surface area contributed by atoms with Crippen LogP contribution in [0.15, 0.2) is 0 Å². The third kappa shape index (κ3) is 6.05. The zero-order valence-electron chi connectivity index (χ0n) is 10.2. The SMILES string of the molecule is CN(CCC(F)(F)F)CC1CCCCCC1=O. The summed E-state index contributed by atoms with van der Waals surface area (Å²) in [5, 5.41) is 0. The number of alkyl halides is 3. The molecule has 17 heavy (non-hydrogen) atoms. The van der Waals surface area contributed by atoms with Crippen LogP contribution in [0, 0.1) is 5.92 Å². The number of nitrogens with zero attached hydrogens (tertiary/aromatic N) is 1. The molecule has 100 valence electrons. The molecule has 0 bridgehead atoms. The molecule has 1 aliphatic carbocycles. The number of rotatable bonds is 4. The van der Waals surface area contributed by atoms with Crippen molar-refractivity contribution in [2.75, 3.05) is 20.1 Å². The molecule has 0 amide bonds. The van der Waals surface area contributed by atoms with Gasteiger partial charge in [0.2, 0.25) is 0 Å². The zero-order valence-corrected chi connectivity index (χ0v) is 10.2. The van der Waals surface area contributed by atoms with E-state index in [0.717, 1.165) is 25.7 Å². The van der Waals surface area contributed by atoms with E-state index in [2.05, 4.69) is 0 Å². The number of ketones is 1. The second-order valence-corrected chi connectivity index (χ2v) is 4.89. The fourth-order valence-electron chi connectivity index (χ4n) is 2.21. The summed E-state index contributed by atoms with van der Waals surface area (Å²) in [6.07, 6.45) is -0.473. The van der Waals surface area contributed by atoms with Crippen molar-refractivity contribution in [3.8, 4) is 0 Å². The predicted octanol–water partition coefficient (Wildman–Crippen LogP) is 3.02. The van der Waals surface area contributed by atoms with Gasteiger partial charge in [0.05, 0.1) is 6.42 Å². The van der Waals surface area contributed by atoms with Crippen LogP contribution in [0.3, 0.4) is 0 Å². The van der Waals surface area contributed by atoms with E-state index in [9.17, 15) is 18.0 Å². The third-order valence-corrected chi connectivity index (χ3v) is 3.24. The Labute approximate surface area is 100 Å². The van der Waals surface area contributed by atoms with Gasteiger partial charge < -0.3 is 4.90 Å². The number of hydrogen-bond donors (Lipinski definition) is 0. The van der Waals surface area contributed by atoms with Crippen LogP contribution in [0.5, 0.6) is 0 Å². The number of Topliss-reactive ketones (excluding diaryl/α,β-unsaturated/α-hetero) is 1. The van der Waals surface area contributed by atoms with Crippen LogP contribution in [-0.2, 0) is 4.79 Å². The third-order valence-electron chi connectivity index (χ3n) is 3.24. The normalized spacial score (nSPS) is 22.9. The van der Waals surface area contributed by atoms with Crippen molar-refractivity contribution in [3.63, 3.8) is 0 Å². The highest BCUT2D eigenvalue weighted by Crippen LogP contribution is 2.22. The van der Waals surface area contributed by atoms with Crippen molar-refractivity contribution < 1.29 is 18.0 Å². The fourth-order valence-corrected chi connectivity index (χ4v) is 2.21. The molecule has 1 unspecified atom stereocenters. The summed E-state index contributed by atoms with van der Waals surface area (Å²) in [6.45, 7) is 0.447. The Balaban J connectivity index is 2.33. The molecule has 1 aliphatic rings. The Bertz CT molecular complexity index is 253. The molecule has 0 heterocycles. The maximum Gasteiger partial charge on any atom is 0.390 e. The first kappa shape index (κ1) is 14.5. The number of carbonyl (C=O) groups excluding carboxylic acids is 1. The minimum Gasteiger partial charge on any atom is -0.305 e. The molecule has 0 spiro atoms. The maximum absolute atomic E-state index is 12.0. The summed E-state index contributed by atoms with van der Waals surface area (Å²) in [6, 6.07) is 0. The number of hydrogen-bond acceptors (Lipinski definition) is 2. The number of carbonyl (C=O) groups is 1. The van der Waals surface area contributed by atoms with Crippen molar-refractivity contribution >= 4 is 5.78 Å². The molecule has 0 aromatic carbocycles. The molecule has 1 saturated carbocycles. The molecule has 0 aromatic heterocycles. The summed E-state index contributed by atoms with van der Waals surface area (Å²) in [5.74, 6) is 0.164. The van der Waals surface area contributed by atoms with Gasteiger partial charge in [0, 0.05) is 25.4 Å². The van der Waals surface area contributed by atoms with E-state index >= 15 is 0 Å². The molecule has 0 aliphatic heterocycles. The molecular weight excluding hydrogens is 231 g/mol. The minimum atomic E-state index is -4.11. The Morgan fingerprint density at radius 3 is 2.65 bits per heavy atom. The van der Waals surface area contributed by atoms with Crippen LogP contribution in [-0.4, -0.2) is 37.0 Å². The molecule has 0 aromatic rings. The van der Waals surface area contributed by atoms with Crippen molar-refractivity contribution in [1.29, 1.82) is 0 Å². The van der Waals surface area contributed by atoms with Gasteiger partial charge >= 0.3 is 6.18 Å². The van der Waals surface area contributed by atoms with Gasteiger partial charge in [-0.05, 0) is 19.9 Å². The lowest BCUT2D eigenvalue weighted by molar-refractivity contribution is -0.137. The number of halogens is 3. The van der Waals surface area contributed by atoms with Crippen molar-refractivity contribution in [1.82, 2.24) is 4.90 Å². The Kier molecular flexibility index (Phi) is 5.43. The first-order valence-corrected chi connectivity index (χ1v) is 6.16. The topological polar surface area (TPSA) is 20.3 Å². The average Bonchev–Trinajstić information content (AvgIpc) is 2.41. The van der Waals surface area contributed by atoms with E-state index in [-0.39, 0.29) is 18.2 Å². The van der Waals surface area contributed by atoms with Gasteiger partial charge in [-0.2, -0.15) is 13.2 Å². The molecule has 1 rings (SSSR count). The highest BCUT2D eigenvalue weighted by atomic mass is 19.4. The molecule has 2 nitrogen and oxygen atoms in total. The quantitative estimate of drug-likeness (QED) is 0.716. The van der Waals surface area contributed by atoms with E-state index in [0.29, 0.717) is 13.0 Å². The molecule has 5 heteroatoms. The Morgan fingerprint density at radius 2 is 2.00 bits per heavy atom. The Morgan fingerprint density at radius 1 is 1.29 bits per heavy atom. The van der Waals surface area contributed by atoms with Crippen LogP contribution in [0.1, 0.15) is 38.5 Å². The highest BCUT2D eigenvalue weighted by molar-refractivity contribution is 5.81. The summed E-state index contributed by atoms with van der Waals surface area (Å²) in [7, 11) is 1.66. The standard InChI is InChI=1S/C12H20F3NO/c1-16(8-7-12(13,14)15)9-10-5-3-2-4-6-11(10)17/h10H,2-9H2,1H3. The smallest absolute Gasteiger partial charge is 0.305 e. The van der Waals surface area contributed by atoms with Gasteiger partial charge in [-0.1, -0.05) is 12.8 Å². The minimum absolute atomic E-state index is 0.0206. The van der Waals surface area contributed by atoms with Gasteiger partial charge in [0.15, 0.2) is 0 Å². The monoisotopic (exact) mass is 251 g/mol. The largest absolute Gasteiger partial charge is 0.390 e. The van der Waals surface area contributed by atoms with Gasteiger partial charge in [-0.15, -0.1) is 0 Å². The molecule has 0 saturated heterocycles. The highest BCUT2D eigenvalue weighted by Gasteiger charge is 2.28. The summed E-state index contributed by atoms with van der Waals surface area (Å²) < 4.78 is 36.1.